The summed E-state index contributed by atoms with van der Waals surface area (Å²) in [5, 5.41) is 3.88. The van der Waals surface area contributed by atoms with Gasteiger partial charge >= 0.3 is 6.03 Å². The Labute approximate surface area is 117 Å². The van der Waals surface area contributed by atoms with E-state index < -0.39 is 0 Å². The molecule has 1 atom stereocenters. The van der Waals surface area contributed by atoms with E-state index in [1.54, 1.807) is 18.2 Å². The highest BCUT2D eigenvalue weighted by molar-refractivity contribution is 6.35. The second kappa shape index (κ2) is 5.81. The maximum atomic E-state index is 12.2. The van der Waals surface area contributed by atoms with Gasteiger partial charge in [0.25, 0.3) is 0 Å². The zero-order chi connectivity index (χ0) is 13.1. The molecule has 1 fully saturated rings. The standard InChI is InChI=1S/C13H16Cl2N2O/c1-9-4-2-3-7-17(9)13(18)16-12-8-10(14)5-6-11(12)15/h5-6,8-9H,2-4,7H2,1H3,(H,16,18). The van der Waals surface area contributed by atoms with Gasteiger partial charge in [0.05, 0.1) is 10.7 Å². The maximum Gasteiger partial charge on any atom is 0.322 e. The molecular formula is C13H16Cl2N2O. The molecule has 3 nitrogen and oxygen atoms in total. The summed E-state index contributed by atoms with van der Waals surface area (Å²) in [5.74, 6) is 0. The average Bonchev–Trinajstić information content (AvgIpc) is 2.34. The summed E-state index contributed by atoms with van der Waals surface area (Å²) in [5.41, 5.74) is 0.562. The Morgan fingerprint density at radius 1 is 1.39 bits per heavy atom. The van der Waals surface area contributed by atoms with Gasteiger partial charge in [-0.15, -0.1) is 0 Å². The van der Waals surface area contributed by atoms with Gasteiger partial charge in [-0.1, -0.05) is 23.2 Å². The van der Waals surface area contributed by atoms with Gasteiger partial charge in [0.15, 0.2) is 0 Å². The highest BCUT2D eigenvalue weighted by Crippen LogP contribution is 2.26. The van der Waals surface area contributed by atoms with Crippen molar-refractivity contribution in [3.8, 4) is 0 Å². The van der Waals surface area contributed by atoms with Gasteiger partial charge in [0.2, 0.25) is 0 Å². The smallest absolute Gasteiger partial charge is 0.322 e. The lowest BCUT2D eigenvalue weighted by Crippen LogP contribution is -2.44. The first-order chi connectivity index (χ1) is 8.58. The first kappa shape index (κ1) is 13.5. The van der Waals surface area contributed by atoms with Crippen molar-refractivity contribution in [2.45, 2.75) is 32.2 Å². The molecule has 1 saturated heterocycles. The van der Waals surface area contributed by atoms with Gasteiger partial charge < -0.3 is 10.2 Å². The molecule has 1 aliphatic heterocycles. The van der Waals surface area contributed by atoms with Crippen molar-refractivity contribution >= 4 is 34.9 Å². The number of amides is 2. The van der Waals surface area contributed by atoms with Crippen LogP contribution in [-0.2, 0) is 0 Å². The molecular weight excluding hydrogens is 271 g/mol. The lowest BCUT2D eigenvalue weighted by Gasteiger charge is -2.33. The Balaban J connectivity index is 2.08. The summed E-state index contributed by atoms with van der Waals surface area (Å²) in [6.07, 6.45) is 3.29. The van der Waals surface area contributed by atoms with Crippen molar-refractivity contribution in [3.63, 3.8) is 0 Å². The second-order valence-corrected chi connectivity index (χ2v) is 5.44. The highest BCUT2D eigenvalue weighted by Gasteiger charge is 2.23. The van der Waals surface area contributed by atoms with Crippen LogP contribution < -0.4 is 5.32 Å². The molecule has 0 aliphatic carbocycles. The summed E-state index contributed by atoms with van der Waals surface area (Å²) in [6.45, 7) is 2.86. The first-order valence-electron chi connectivity index (χ1n) is 6.10. The Bertz CT molecular complexity index is 451. The van der Waals surface area contributed by atoms with E-state index in [0.29, 0.717) is 15.7 Å². The zero-order valence-electron chi connectivity index (χ0n) is 10.2. The SMILES string of the molecule is CC1CCCCN1C(=O)Nc1cc(Cl)ccc1Cl. The third-order valence-corrected chi connectivity index (χ3v) is 3.80. The number of nitrogens with one attached hydrogen (secondary N) is 1. The number of anilines is 1. The average molecular weight is 287 g/mol. The number of benzene rings is 1. The molecule has 1 aromatic rings. The largest absolute Gasteiger partial charge is 0.322 e. The van der Waals surface area contributed by atoms with E-state index in [2.05, 4.69) is 12.2 Å². The molecule has 5 heteroatoms. The number of likely N-dealkylation sites (tertiary alicyclic amines) is 1. The Kier molecular flexibility index (Phi) is 4.36. The van der Waals surface area contributed by atoms with Crippen molar-refractivity contribution < 1.29 is 4.79 Å². The number of halogens is 2. The van der Waals surface area contributed by atoms with Crippen molar-refractivity contribution in [2.24, 2.45) is 0 Å². The maximum absolute atomic E-state index is 12.2. The fourth-order valence-corrected chi connectivity index (χ4v) is 2.52. The van der Waals surface area contributed by atoms with E-state index in [4.69, 9.17) is 23.2 Å². The number of carbonyl (C=O) groups is 1. The molecule has 1 heterocycles. The van der Waals surface area contributed by atoms with Crippen molar-refractivity contribution in [1.82, 2.24) is 4.90 Å². The normalized spacial score (nSPS) is 19.7. The molecule has 0 spiro atoms. The number of hydrogen-bond donors (Lipinski definition) is 1. The van der Waals surface area contributed by atoms with Gasteiger partial charge in [-0.05, 0) is 44.4 Å². The van der Waals surface area contributed by atoms with E-state index in [1.807, 2.05) is 4.90 Å². The molecule has 0 saturated carbocycles. The fraction of sp³-hybridized carbons (Fsp3) is 0.462. The zero-order valence-corrected chi connectivity index (χ0v) is 11.8. The number of nitrogens with zero attached hydrogens (tertiary/aromatic N) is 1. The van der Waals surface area contributed by atoms with Crippen LogP contribution in [0.1, 0.15) is 26.2 Å². The number of carbonyl (C=O) groups excluding carboxylic acids is 1. The lowest BCUT2D eigenvalue weighted by atomic mass is 10.0. The minimum Gasteiger partial charge on any atom is -0.322 e. The lowest BCUT2D eigenvalue weighted by molar-refractivity contribution is 0.170. The summed E-state index contributed by atoms with van der Waals surface area (Å²) in [7, 11) is 0. The van der Waals surface area contributed by atoms with E-state index in [1.165, 1.54) is 6.42 Å². The molecule has 0 radical (unpaired) electrons. The highest BCUT2D eigenvalue weighted by atomic mass is 35.5. The topological polar surface area (TPSA) is 32.3 Å². The molecule has 2 rings (SSSR count). The molecule has 98 valence electrons. The molecule has 2 amide bonds. The Hall–Kier alpha value is -0.930. The van der Waals surface area contributed by atoms with Crippen LogP contribution in [-0.4, -0.2) is 23.5 Å². The van der Waals surface area contributed by atoms with Crippen LogP contribution in [0.4, 0.5) is 10.5 Å². The third kappa shape index (κ3) is 3.09. The van der Waals surface area contributed by atoms with E-state index in [0.717, 1.165) is 19.4 Å². The predicted octanol–water partition coefficient (Wildman–Crippen LogP) is 4.40. The molecule has 18 heavy (non-hydrogen) atoms. The third-order valence-electron chi connectivity index (χ3n) is 3.23. The van der Waals surface area contributed by atoms with E-state index in [9.17, 15) is 4.79 Å². The van der Waals surface area contributed by atoms with Crippen molar-refractivity contribution in [3.05, 3.63) is 28.2 Å². The van der Waals surface area contributed by atoms with Gasteiger partial charge in [-0.3, -0.25) is 0 Å². The van der Waals surface area contributed by atoms with E-state index in [-0.39, 0.29) is 12.1 Å². The van der Waals surface area contributed by atoms with Crippen LogP contribution in [0.5, 0.6) is 0 Å². The van der Waals surface area contributed by atoms with Crippen LogP contribution in [0.3, 0.4) is 0 Å². The van der Waals surface area contributed by atoms with Gasteiger partial charge in [0.1, 0.15) is 0 Å². The number of urea groups is 1. The van der Waals surface area contributed by atoms with Crippen LogP contribution in [0.15, 0.2) is 18.2 Å². The van der Waals surface area contributed by atoms with Gasteiger partial charge in [-0.2, -0.15) is 0 Å². The predicted molar refractivity (Wildman–Crippen MR) is 75.5 cm³/mol. The second-order valence-electron chi connectivity index (χ2n) is 4.59. The number of piperidine rings is 1. The van der Waals surface area contributed by atoms with E-state index >= 15 is 0 Å². The molecule has 1 aliphatic rings. The van der Waals surface area contributed by atoms with Crippen molar-refractivity contribution in [1.29, 1.82) is 0 Å². The summed E-state index contributed by atoms with van der Waals surface area (Å²) >= 11 is 11.9. The minimum atomic E-state index is -0.105. The van der Waals surface area contributed by atoms with Gasteiger partial charge in [-0.25, -0.2) is 4.79 Å². The summed E-state index contributed by atoms with van der Waals surface area (Å²) in [4.78, 5) is 14.0. The summed E-state index contributed by atoms with van der Waals surface area (Å²) in [6, 6.07) is 5.21. The van der Waals surface area contributed by atoms with Crippen LogP contribution in [0.2, 0.25) is 10.0 Å². The number of hydrogen-bond acceptors (Lipinski definition) is 1. The fourth-order valence-electron chi connectivity index (χ4n) is 2.18. The van der Waals surface area contributed by atoms with Crippen LogP contribution >= 0.6 is 23.2 Å². The Morgan fingerprint density at radius 3 is 2.89 bits per heavy atom. The number of rotatable bonds is 1. The molecule has 0 bridgehead atoms. The monoisotopic (exact) mass is 286 g/mol. The quantitative estimate of drug-likeness (QED) is 0.815. The summed E-state index contributed by atoms with van der Waals surface area (Å²) < 4.78 is 0. The van der Waals surface area contributed by atoms with Crippen LogP contribution in [0.25, 0.3) is 0 Å². The van der Waals surface area contributed by atoms with Crippen LogP contribution in [0, 0.1) is 0 Å². The molecule has 1 aromatic carbocycles. The molecule has 1 N–H and O–H groups in total. The first-order valence-corrected chi connectivity index (χ1v) is 6.86. The van der Waals surface area contributed by atoms with Crippen molar-refractivity contribution in [2.75, 3.05) is 11.9 Å². The minimum absolute atomic E-state index is 0.105. The molecule has 0 aromatic heterocycles. The molecule has 1 unspecified atom stereocenters. The Morgan fingerprint density at radius 2 is 2.17 bits per heavy atom. The van der Waals surface area contributed by atoms with Gasteiger partial charge in [0, 0.05) is 17.6 Å².